The number of rotatable bonds is 1. The third kappa shape index (κ3) is 1.95. The van der Waals surface area contributed by atoms with E-state index in [-0.39, 0.29) is 0 Å². The number of likely N-dealkylation sites (N-methyl/N-ethyl adjacent to an activating group) is 1. The van der Waals surface area contributed by atoms with Crippen LogP contribution in [0.1, 0.15) is 20.3 Å². The molecule has 0 aromatic heterocycles. The van der Waals surface area contributed by atoms with Crippen molar-refractivity contribution in [2.24, 2.45) is 0 Å². The highest BCUT2D eigenvalue weighted by Crippen LogP contribution is 2.23. The summed E-state index contributed by atoms with van der Waals surface area (Å²) in [7, 11) is 2.22. The standard InChI is InChI=1S/C11H22N2O/c1-9(2)13-10-4-5-12(3)6-11(13)8-14-7-10/h9-11H,4-8H2,1-3H3. The fourth-order valence-electron chi connectivity index (χ4n) is 2.85. The third-order valence-electron chi connectivity index (χ3n) is 3.43. The Bertz CT molecular complexity index is 196. The summed E-state index contributed by atoms with van der Waals surface area (Å²) in [5.41, 5.74) is 0. The van der Waals surface area contributed by atoms with Crippen molar-refractivity contribution in [2.45, 2.75) is 38.4 Å². The summed E-state index contributed by atoms with van der Waals surface area (Å²) >= 11 is 0. The van der Waals surface area contributed by atoms with Crippen LogP contribution in [0.3, 0.4) is 0 Å². The van der Waals surface area contributed by atoms with Gasteiger partial charge in [0, 0.05) is 24.7 Å². The number of fused-ring (bicyclic) bond motifs is 2. The molecule has 0 saturated carbocycles. The number of hydrogen-bond donors (Lipinski definition) is 0. The van der Waals surface area contributed by atoms with Crippen molar-refractivity contribution in [3.05, 3.63) is 0 Å². The zero-order valence-electron chi connectivity index (χ0n) is 9.57. The van der Waals surface area contributed by atoms with Crippen molar-refractivity contribution in [1.29, 1.82) is 0 Å². The largest absolute Gasteiger partial charge is 0.378 e. The van der Waals surface area contributed by atoms with Gasteiger partial charge in [-0.05, 0) is 33.9 Å². The first-order chi connectivity index (χ1) is 6.68. The maximum atomic E-state index is 5.68. The lowest BCUT2D eigenvalue weighted by atomic mass is 10.1. The molecule has 0 N–H and O–H groups in total. The van der Waals surface area contributed by atoms with Crippen molar-refractivity contribution in [1.82, 2.24) is 9.80 Å². The molecule has 2 saturated heterocycles. The van der Waals surface area contributed by atoms with Gasteiger partial charge in [-0.15, -0.1) is 0 Å². The van der Waals surface area contributed by atoms with Crippen molar-refractivity contribution < 1.29 is 4.74 Å². The van der Waals surface area contributed by atoms with E-state index in [9.17, 15) is 0 Å². The van der Waals surface area contributed by atoms with Gasteiger partial charge in [-0.25, -0.2) is 0 Å². The Kier molecular flexibility index (Phi) is 3.10. The van der Waals surface area contributed by atoms with Gasteiger partial charge in [-0.2, -0.15) is 0 Å². The van der Waals surface area contributed by atoms with Crippen LogP contribution >= 0.6 is 0 Å². The molecule has 3 nitrogen and oxygen atoms in total. The SMILES string of the molecule is CC(C)N1C2CCN(C)CC1COC2. The zero-order chi connectivity index (χ0) is 10.1. The van der Waals surface area contributed by atoms with Crippen LogP contribution in [-0.2, 0) is 4.74 Å². The Morgan fingerprint density at radius 3 is 2.64 bits per heavy atom. The summed E-state index contributed by atoms with van der Waals surface area (Å²) in [6.07, 6.45) is 1.26. The second-order valence-electron chi connectivity index (χ2n) is 4.94. The van der Waals surface area contributed by atoms with Crippen LogP contribution in [0.4, 0.5) is 0 Å². The molecule has 2 aliphatic heterocycles. The van der Waals surface area contributed by atoms with Crippen LogP contribution in [-0.4, -0.2) is 61.3 Å². The van der Waals surface area contributed by atoms with Crippen LogP contribution in [0.2, 0.25) is 0 Å². The van der Waals surface area contributed by atoms with Crippen molar-refractivity contribution >= 4 is 0 Å². The number of hydrogen-bond acceptors (Lipinski definition) is 3. The molecule has 2 fully saturated rings. The Labute approximate surface area is 87.0 Å². The lowest BCUT2D eigenvalue weighted by Crippen LogP contribution is -2.56. The quantitative estimate of drug-likeness (QED) is 0.620. The second-order valence-corrected chi connectivity index (χ2v) is 4.94. The van der Waals surface area contributed by atoms with Crippen LogP contribution in [0, 0.1) is 0 Å². The molecule has 2 aliphatic rings. The van der Waals surface area contributed by atoms with Crippen molar-refractivity contribution in [2.75, 3.05) is 33.4 Å². The summed E-state index contributed by atoms with van der Waals surface area (Å²) in [4.78, 5) is 5.10. The first-order valence-corrected chi connectivity index (χ1v) is 5.72. The van der Waals surface area contributed by atoms with Crippen molar-refractivity contribution in [3.8, 4) is 0 Å². The molecule has 0 amide bonds. The predicted molar refractivity (Wildman–Crippen MR) is 57.5 cm³/mol. The van der Waals surface area contributed by atoms with Crippen LogP contribution in [0.5, 0.6) is 0 Å². The van der Waals surface area contributed by atoms with Gasteiger partial charge in [0.2, 0.25) is 0 Å². The summed E-state index contributed by atoms with van der Waals surface area (Å²) in [6, 6.07) is 1.92. The second kappa shape index (κ2) is 4.17. The lowest BCUT2D eigenvalue weighted by molar-refractivity contribution is -0.0594. The summed E-state index contributed by atoms with van der Waals surface area (Å²) in [5, 5.41) is 0. The predicted octanol–water partition coefficient (Wildman–Crippen LogP) is 0.800. The molecule has 14 heavy (non-hydrogen) atoms. The molecule has 2 bridgehead atoms. The van der Waals surface area contributed by atoms with Gasteiger partial charge in [0.1, 0.15) is 0 Å². The van der Waals surface area contributed by atoms with Gasteiger partial charge in [0.25, 0.3) is 0 Å². The minimum absolute atomic E-state index is 0.612. The van der Waals surface area contributed by atoms with Gasteiger partial charge in [-0.1, -0.05) is 0 Å². The Balaban J connectivity index is 2.13. The third-order valence-corrected chi connectivity index (χ3v) is 3.43. The molecule has 2 heterocycles. The highest BCUT2D eigenvalue weighted by Gasteiger charge is 2.35. The lowest BCUT2D eigenvalue weighted by Gasteiger charge is -2.43. The van der Waals surface area contributed by atoms with Crippen molar-refractivity contribution in [3.63, 3.8) is 0 Å². The van der Waals surface area contributed by atoms with E-state index >= 15 is 0 Å². The van der Waals surface area contributed by atoms with E-state index < -0.39 is 0 Å². The summed E-state index contributed by atoms with van der Waals surface area (Å²) < 4.78 is 5.68. The summed E-state index contributed by atoms with van der Waals surface area (Å²) in [5.74, 6) is 0. The molecule has 82 valence electrons. The average molecular weight is 198 g/mol. The van der Waals surface area contributed by atoms with Gasteiger partial charge < -0.3 is 9.64 Å². The molecule has 2 unspecified atom stereocenters. The topological polar surface area (TPSA) is 15.7 Å². The zero-order valence-corrected chi connectivity index (χ0v) is 9.57. The van der Waals surface area contributed by atoms with E-state index in [1.54, 1.807) is 0 Å². The van der Waals surface area contributed by atoms with E-state index in [0.717, 1.165) is 19.8 Å². The molecule has 0 aromatic carbocycles. The Hall–Kier alpha value is -0.120. The van der Waals surface area contributed by atoms with Crippen LogP contribution in [0.25, 0.3) is 0 Å². The number of nitrogens with zero attached hydrogens (tertiary/aromatic N) is 2. The number of morpholine rings is 1. The Morgan fingerprint density at radius 1 is 1.21 bits per heavy atom. The maximum Gasteiger partial charge on any atom is 0.0635 e. The van der Waals surface area contributed by atoms with E-state index in [0.29, 0.717) is 18.1 Å². The number of ether oxygens (including phenoxy) is 1. The normalized spacial score (nSPS) is 36.0. The fraction of sp³-hybridized carbons (Fsp3) is 1.00. The van der Waals surface area contributed by atoms with E-state index in [2.05, 4.69) is 30.7 Å². The first kappa shape index (κ1) is 10.4. The first-order valence-electron chi connectivity index (χ1n) is 5.72. The molecule has 0 aromatic rings. The Morgan fingerprint density at radius 2 is 1.93 bits per heavy atom. The molecule has 3 heteroatoms. The maximum absolute atomic E-state index is 5.68. The molecule has 0 spiro atoms. The van der Waals surface area contributed by atoms with Crippen LogP contribution < -0.4 is 0 Å². The minimum Gasteiger partial charge on any atom is -0.378 e. The molecule has 2 atom stereocenters. The molecule has 2 rings (SSSR count). The van der Waals surface area contributed by atoms with Gasteiger partial charge in [0.15, 0.2) is 0 Å². The van der Waals surface area contributed by atoms with Crippen LogP contribution in [0.15, 0.2) is 0 Å². The van der Waals surface area contributed by atoms with E-state index in [1.165, 1.54) is 13.0 Å². The fourth-order valence-corrected chi connectivity index (χ4v) is 2.85. The highest BCUT2D eigenvalue weighted by atomic mass is 16.5. The summed E-state index contributed by atoms with van der Waals surface area (Å²) in [6.45, 7) is 8.83. The minimum atomic E-state index is 0.612. The molecular formula is C11H22N2O. The van der Waals surface area contributed by atoms with Gasteiger partial charge >= 0.3 is 0 Å². The van der Waals surface area contributed by atoms with E-state index in [4.69, 9.17) is 4.74 Å². The van der Waals surface area contributed by atoms with E-state index in [1.807, 2.05) is 0 Å². The monoisotopic (exact) mass is 198 g/mol. The smallest absolute Gasteiger partial charge is 0.0635 e. The molecular weight excluding hydrogens is 176 g/mol. The molecule has 0 aliphatic carbocycles. The average Bonchev–Trinajstić information content (AvgIpc) is 2.22. The molecule has 0 radical (unpaired) electrons. The van der Waals surface area contributed by atoms with Gasteiger partial charge in [0.05, 0.1) is 13.2 Å². The van der Waals surface area contributed by atoms with Gasteiger partial charge in [-0.3, -0.25) is 4.90 Å². The highest BCUT2D eigenvalue weighted by molar-refractivity contribution is 4.90.